The van der Waals surface area contributed by atoms with E-state index in [2.05, 4.69) is 10.3 Å². The summed E-state index contributed by atoms with van der Waals surface area (Å²) < 4.78 is 65.4. The van der Waals surface area contributed by atoms with Crippen molar-refractivity contribution in [2.75, 3.05) is 36.4 Å². The molecule has 1 aromatic carbocycles. The number of halogens is 3. The van der Waals surface area contributed by atoms with Gasteiger partial charge in [-0.1, -0.05) is 13.8 Å². The molecule has 1 amide bonds. The molecule has 0 aliphatic carbocycles. The maximum absolute atomic E-state index is 12.9. The number of benzene rings is 1. The topological polar surface area (TPSA) is 82.6 Å². The quantitative estimate of drug-likeness (QED) is 0.591. The minimum atomic E-state index is -4.61. The van der Waals surface area contributed by atoms with Gasteiger partial charge < -0.3 is 10.2 Å². The van der Waals surface area contributed by atoms with Gasteiger partial charge in [-0.15, -0.1) is 0 Å². The van der Waals surface area contributed by atoms with Gasteiger partial charge in [0, 0.05) is 32.4 Å². The largest absolute Gasteiger partial charge is 0.433 e. The SMILES string of the molecule is CCN(CC)c1ccc(S(=O)(=O)N(CC)CC)cc1NC(=O)c1ccc(C(F)(F)F)nc1. The average Bonchev–Trinajstić information content (AvgIpc) is 2.75. The zero-order valence-electron chi connectivity index (χ0n) is 18.4. The second kappa shape index (κ2) is 10.3. The standard InChI is InChI=1S/C21H27F3N4O3S/c1-5-27(6-2)18-11-10-16(32(30,31)28(7-3)8-4)13-17(18)26-20(29)15-9-12-19(25-14-15)21(22,23)24/h9-14H,5-8H2,1-4H3,(H,26,29). The first-order valence-electron chi connectivity index (χ1n) is 10.2. The number of nitrogens with zero attached hydrogens (tertiary/aromatic N) is 3. The molecule has 0 unspecified atom stereocenters. The summed E-state index contributed by atoms with van der Waals surface area (Å²) in [5.74, 6) is -0.697. The fourth-order valence-electron chi connectivity index (χ4n) is 3.22. The van der Waals surface area contributed by atoms with Gasteiger partial charge in [-0.25, -0.2) is 8.42 Å². The van der Waals surface area contributed by atoms with Crippen LogP contribution in [0.2, 0.25) is 0 Å². The number of aromatic nitrogens is 1. The van der Waals surface area contributed by atoms with Gasteiger partial charge in [0.15, 0.2) is 0 Å². The van der Waals surface area contributed by atoms with Gasteiger partial charge in [-0.3, -0.25) is 9.78 Å². The van der Waals surface area contributed by atoms with E-state index in [-0.39, 0.29) is 29.2 Å². The molecule has 0 spiro atoms. The molecule has 1 N–H and O–H groups in total. The number of nitrogens with one attached hydrogen (secondary N) is 1. The highest BCUT2D eigenvalue weighted by Gasteiger charge is 2.32. The Balaban J connectivity index is 2.48. The second-order valence-corrected chi connectivity index (χ2v) is 8.76. The molecular weight excluding hydrogens is 445 g/mol. The lowest BCUT2D eigenvalue weighted by Gasteiger charge is -2.26. The van der Waals surface area contributed by atoms with Crippen molar-refractivity contribution in [1.82, 2.24) is 9.29 Å². The van der Waals surface area contributed by atoms with Gasteiger partial charge in [-0.2, -0.15) is 17.5 Å². The number of amides is 1. The molecule has 7 nitrogen and oxygen atoms in total. The molecule has 0 bridgehead atoms. The minimum absolute atomic E-state index is 0.0120. The monoisotopic (exact) mass is 472 g/mol. The predicted octanol–water partition coefficient (Wildman–Crippen LogP) is 4.23. The van der Waals surface area contributed by atoms with Crippen LogP contribution in [0.3, 0.4) is 0 Å². The van der Waals surface area contributed by atoms with Crippen molar-refractivity contribution >= 4 is 27.3 Å². The molecule has 176 valence electrons. The number of rotatable bonds is 9. The number of sulfonamides is 1. The summed E-state index contributed by atoms with van der Waals surface area (Å²) in [6, 6.07) is 6.22. The van der Waals surface area contributed by atoms with Crippen molar-refractivity contribution in [1.29, 1.82) is 0 Å². The normalized spacial score (nSPS) is 12.1. The summed E-state index contributed by atoms with van der Waals surface area (Å²) in [6.07, 6.45) is -3.77. The van der Waals surface area contributed by atoms with Gasteiger partial charge in [0.25, 0.3) is 5.91 Å². The number of hydrogen-bond donors (Lipinski definition) is 1. The first-order chi connectivity index (χ1) is 15.0. The van der Waals surface area contributed by atoms with Crippen LogP contribution in [0.4, 0.5) is 24.5 Å². The third kappa shape index (κ3) is 5.57. The summed E-state index contributed by atoms with van der Waals surface area (Å²) in [5.41, 5.74) is -0.348. The summed E-state index contributed by atoms with van der Waals surface area (Å²) >= 11 is 0. The highest BCUT2D eigenvalue weighted by molar-refractivity contribution is 7.89. The van der Waals surface area contributed by atoms with Crippen molar-refractivity contribution < 1.29 is 26.4 Å². The fraction of sp³-hybridized carbons (Fsp3) is 0.429. The molecule has 0 fully saturated rings. The highest BCUT2D eigenvalue weighted by Crippen LogP contribution is 2.31. The number of alkyl halides is 3. The first-order valence-corrected chi connectivity index (χ1v) is 11.7. The van der Waals surface area contributed by atoms with E-state index in [1.54, 1.807) is 19.9 Å². The Labute approximate surface area is 186 Å². The minimum Gasteiger partial charge on any atom is -0.370 e. The van der Waals surface area contributed by atoms with Crippen LogP contribution in [0.25, 0.3) is 0 Å². The van der Waals surface area contributed by atoms with Crippen LogP contribution in [0.5, 0.6) is 0 Å². The van der Waals surface area contributed by atoms with E-state index >= 15 is 0 Å². The smallest absolute Gasteiger partial charge is 0.370 e. The van der Waals surface area contributed by atoms with Crippen LogP contribution in [0.15, 0.2) is 41.4 Å². The average molecular weight is 473 g/mol. The van der Waals surface area contributed by atoms with E-state index in [1.807, 2.05) is 18.7 Å². The molecule has 0 atom stereocenters. The molecule has 0 radical (unpaired) electrons. The van der Waals surface area contributed by atoms with Crippen molar-refractivity contribution in [2.45, 2.75) is 38.8 Å². The van der Waals surface area contributed by atoms with Crippen molar-refractivity contribution in [2.24, 2.45) is 0 Å². The van der Waals surface area contributed by atoms with E-state index < -0.39 is 27.8 Å². The Hall–Kier alpha value is -2.66. The molecule has 0 saturated heterocycles. The van der Waals surface area contributed by atoms with Crippen molar-refractivity contribution in [3.05, 3.63) is 47.8 Å². The fourth-order valence-corrected chi connectivity index (χ4v) is 4.70. The number of carbonyl (C=O) groups is 1. The molecule has 1 aromatic heterocycles. The van der Waals surface area contributed by atoms with Crippen LogP contribution >= 0.6 is 0 Å². The lowest BCUT2D eigenvalue weighted by molar-refractivity contribution is -0.141. The van der Waals surface area contributed by atoms with E-state index in [0.717, 1.165) is 18.3 Å². The van der Waals surface area contributed by atoms with E-state index in [1.165, 1.54) is 16.4 Å². The third-order valence-corrected chi connectivity index (χ3v) is 7.03. The maximum atomic E-state index is 12.9. The lowest BCUT2D eigenvalue weighted by Crippen LogP contribution is -2.31. The van der Waals surface area contributed by atoms with Crippen LogP contribution in [-0.4, -0.2) is 49.8 Å². The summed E-state index contributed by atoms with van der Waals surface area (Å²) in [7, 11) is -3.78. The van der Waals surface area contributed by atoms with Gasteiger partial charge in [0.1, 0.15) is 5.69 Å². The van der Waals surface area contributed by atoms with Gasteiger partial charge in [0.2, 0.25) is 10.0 Å². The second-order valence-electron chi connectivity index (χ2n) is 6.82. The van der Waals surface area contributed by atoms with Crippen LogP contribution in [0, 0.1) is 0 Å². The van der Waals surface area contributed by atoms with Crippen molar-refractivity contribution in [3.8, 4) is 0 Å². The highest BCUT2D eigenvalue weighted by atomic mass is 32.2. The number of carbonyl (C=O) groups excluding carboxylic acids is 1. The molecule has 0 aliphatic heterocycles. The Kier molecular flexibility index (Phi) is 8.24. The van der Waals surface area contributed by atoms with Gasteiger partial charge >= 0.3 is 6.18 Å². The molecular formula is C21H27F3N4O3S. The molecule has 32 heavy (non-hydrogen) atoms. The molecule has 11 heteroatoms. The molecule has 2 rings (SSSR count). The lowest BCUT2D eigenvalue weighted by atomic mass is 10.2. The Morgan fingerprint density at radius 3 is 2.09 bits per heavy atom. The Morgan fingerprint density at radius 1 is 1.00 bits per heavy atom. The van der Waals surface area contributed by atoms with Crippen LogP contribution in [-0.2, 0) is 16.2 Å². The number of hydrogen-bond acceptors (Lipinski definition) is 5. The van der Waals surface area contributed by atoms with Crippen LogP contribution < -0.4 is 10.2 Å². The summed E-state index contributed by atoms with van der Waals surface area (Å²) in [5, 5.41) is 2.64. The summed E-state index contributed by atoms with van der Waals surface area (Å²) in [6.45, 7) is 9.06. The van der Waals surface area contributed by atoms with Gasteiger partial charge in [0.05, 0.1) is 21.8 Å². The maximum Gasteiger partial charge on any atom is 0.433 e. The van der Waals surface area contributed by atoms with Crippen LogP contribution in [0.1, 0.15) is 43.7 Å². The predicted molar refractivity (Wildman–Crippen MR) is 117 cm³/mol. The van der Waals surface area contributed by atoms with E-state index in [0.29, 0.717) is 18.8 Å². The van der Waals surface area contributed by atoms with Crippen molar-refractivity contribution in [3.63, 3.8) is 0 Å². The number of anilines is 2. The Bertz CT molecular complexity index is 1030. The first kappa shape index (κ1) is 25.6. The number of pyridine rings is 1. The zero-order valence-corrected chi connectivity index (χ0v) is 19.2. The molecule has 0 aliphatic rings. The molecule has 0 saturated carbocycles. The summed E-state index contributed by atoms with van der Waals surface area (Å²) in [4.78, 5) is 18.0. The molecule has 2 aromatic rings. The Morgan fingerprint density at radius 2 is 1.62 bits per heavy atom. The van der Waals surface area contributed by atoms with E-state index in [9.17, 15) is 26.4 Å². The van der Waals surface area contributed by atoms with E-state index in [4.69, 9.17) is 0 Å². The molecule has 1 heterocycles. The van der Waals surface area contributed by atoms with Gasteiger partial charge in [-0.05, 0) is 44.2 Å². The third-order valence-electron chi connectivity index (χ3n) is 4.98. The zero-order chi connectivity index (χ0) is 24.1.